The number of carbonyl (C=O) groups is 2. The molecule has 0 unspecified atom stereocenters. The molecule has 1 aromatic heterocycles. The predicted octanol–water partition coefficient (Wildman–Crippen LogP) is 5.66. The molecule has 0 bridgehead atoms. The first-order valence-electron chi connectivity index (χ1n) is 15.8. The lowest BCUT2D eigenvalue weighted by molar-refractivity contribution is -0.143. The second kappa shape index (κ2) is 12.9. The summed E-state index contributed by atoms with van der Waals surface area (Å²) in [5.74, 6) is -0.931. The van der Waals surface area contributed by atoms with Gasteiger partial charge in [0.2, 0.25) is 5.91 Å². The van der Waals surface area contributed by atoms with Crippen molar-refractivity contribution in [3.8, 4) is 0 Å². The zero-order valence-electron chi connectivity index (χ0n) is 25.3. The summed E-state index contributed by atoms with van der Waals surface area (Å²) in [6.07, 6.45) is -3.15. The van der Waals surface area contributed by atoms with Crippen LogP contribution in [0.5, 0.6) is 0 Å². The van der Waals surface area contributed by atoms with Crippen molar-refractivity contribution in [1.29, 1.82) is 0 Å². The number of fused-ring (bicyclic) bond motifs is 1. The average molecular weight is 650 g/mol. The Morgan fingerprint density at radius 2 is 1.48 bits per heavy atom. The Bertz CT molecular complexity index is 1520. The van der Waals surface area contributed by atoms with Crippen molar-refractivity contribution in [2.75, 3.05) is 52.4 Å². The summed E-state index contributed by atoms with van der Waals surface area (Å²) in [6, 6.07) is 8.52. The summed E-state index contributed by atoms with van der Waals surface area (Å²) in [5.41, 5.74) is -2.01. The number of hydrogen-bond acceptors (Lipinski definition) is 4. The normalized spacial score (nSPS) is 21.0. The maximum Gasteiger partial charge on any atom is 0.416 e. The van der Waals surface area contributed by atoms with Gasteiger partial charge >= 0.3 is 12.4 Å². The third-order valence-electron chi connectivity index (χ3n) is 9.66. The van der Waals surface area contributed by atoms with Gasteiger partial charge in [-0.2, -0.15) is 26.3 Å². The van der Waals surface area contributed by atoms with E-state index >= 15 is 0 Å². The van der Waals surface area contributed by atoms with Crippen LogP contribution >= 0.6 is 0 Å². The van der Waals surface area contributed by atoms with Crippen molar-refractivity contribution in [3.05, 3.63) is 70.9 Å². The van der Waals surface area contributed by atoms with E-state index in [1.807, 2.05) is 34.1 Å². The summed E-state index contributed by atoms with van der Waals surface area (Å²) in [5, 5.41) is 0.904. The highest BCUT2D eigenvalue weighted by atomic mass is 19.4. The Kier molecular flexibility index (Phi) is 9.08. The molecule has 2 amide bonds. The first-order chi connectivity index (χ1) is 21.9. The predicted molar refractivity (Wildman–Crippen MR) is 160 cm³/mol. The van der Waals surface area contributed by atoms with E-state index in [1.165, 1.54) is 30.6 Å². The molecule has 248 valence electrons. The molecule has 2 saturated heterocycles. The van der Waals surface area contributed by atoms with Crippen molar-refractivity contribution in [3.63, 3.8) is 0 Å². The number of carbonyl (C=O) groups excluding carboxylic acids is 2. The highest BCUT2D eigenvalue weighted by Gasteiger charge is 2.40. The van der Waals surface area contributed by atoms with Gasteiger partial charge in [0.1, 0.15) is 0 Å². The fourth-order valence-corrected chi connectivity index (χ4v) is 7.20. The molecule has 1 N–H and O–H groups in total. The fourth-order valence-electron chi connectivity index (χ4n) is 7.20. The maximum absolute atomic E-state index is 13.8. The number of para-hydroxylation sites is 1. The number of piperazine rings is 2. The molecule has 3 fully saturated rings. The molecule has 0 spiro atoms. The van der Waals surface area contributed by atoms with Gasteiger partial charge in [-0.15, -0.1) is 0 Å². The van der Waals surface area contributed by atoms with Crippen LogP contribution in [0.1, 0.15) is 52.7 Å². The zero-order valence-corrected chi connectivity index (χ0v) is 25.3. The standard InChI is InChI=1S/C33H37F6N5O2/c34-32(35,36)24-15-22(16-25(18-24)33(37,38)39)31(46)44-14-9-41(20-27(44)17-23-19-40-29-8-4-3-7-28(23)29)21-30(45)43-12-10-42(11-13-43)26-5-1-2-6-26/h3-4,7-8,15-16,18-19,26-27,40H,1-2,5-6,9-14,17,20-21H2/t27-/m1/s1. The molecule has 1 aliphatic carbocycles. The molecule has 46 heavy (non-hydrogen) atoms. The number of rotatable bonds is 6. The Hall–Kier alpha value is -3.58. The topological polar surface area (TPSA) is 62.9 Å². The minimum absolute atomic E-state index is 0.0237. The van der Waals surface area contributed by atoms with Crippen LogP contribution in [0.25, 0.3) is 10.9 Å². The van der Waals surface area contributed by atoms with Crippen molar-refractivity contribution < 1.29 is 35.9 Å². The van der Waals surface area contributed by atoms with Crippen LogP contribution in [-0.2, 0) is 23.6 Å². The lowest BCUT2D eigenvalue weighted by Crippen LogP contribution is -2.58. The summed E-state index contributed by atoms with van der Waals surface area (Å²) >= 11 is 0. The number of nitrogens with one attached hydrogen (secondary N) is 1. The average Bonchev–Trinajstić information content (AvgIpc) is 3.71. The molecule has 2 aromatic carbocycles. The van der Waals surface area contributed by atoms with E-state index in [4.69, 9.17) is 0 Å². The summed E-state index contributed by atoms with van der Waals surface area (Å²) < 4.78 is 81.6. The van der Waals surface area contributed by atoms with Crippen LogP contribution in [0.2, 0.25) is 0 Å². The van der Waals surface area contributed by atoms with Crippen molar-refractivity contribution in [1.82, 2.24) is 24.6 Å². The molecular weight excluding hydrogens is 612 g/mol. The second-order valence-corrected chi connectivity index (χ2v) is 12.6. The van der Waals surface area contributed by atoms with E-state index in [9.17, 15) is 35.9 Å². The molecule has 2 aliphatic heterocycles. The van der Waals surface area contributed by atoms with Crippen molar-refractivity contribution in [2.45, 2.75) is 56.5 Å². The molecule has 3 aromatic rings. The van der Waals surface area contributed by atoms with Gasteiger partial charge < -0.3 is 14.8 Å². The van der Waals surface area contributed by atoms with Gasteiger partial charge in [-0.3, -0.25) is 19.4 Å². The number of alkyl halides is 6. The van der Waals surface area contributed by atoms with Gasteiger partial charge in [0, 0.05) is 80.6 Å². The number of halogens is 6. The highest BCUT2D eigenvalue weighted by Crippen LogP contribution is 2.37. The molecule has 1 saturated carbocycles. The Balaban J connectivity index is 1.21. The quantitative estimate of drug-likeness (QED) is 0.351. The third-order valence-corrected chi connectivity index (χ3v) is 9.66. The second-order valence-electron chi connectivity index (χ2n) is 12.6. The van der Waals surface area contributed by atoms with Crippen LogP contribution in [0, 0.1) is 0 Å². The van der Waals surface area contributed by atoms with Crippen LogP contribution in [0.15, 0.2) is 48.7 Å². The van der Waals surface area contributed by atoms with Gasteiger partial charge in [0.05, 0.1) is 17.7 Å². The molecule has 0 radical (unpaired) electrons. The van der Waals surface area contributed by atoms with Gasteiger partial charge in [0.25, 0.3) is 5.91 Å². The maximum atomic E-state index is 13.8. The van der Waals surface area contributed by atoms with E-state index in [2.05, 4.69) is 9.88 Å². The summed E-state index contributed by atoms with van der Waals surface area (Å²) in [4.78, 5) is 37.9. The van der Waals surface area contributed by atoms with E-state index in [-0.39, 0.29) is 38.2 Å². The minimum atomic E-state index is -5.07. The van der Waals surface area contributed by atoms with Crippen molar-refractivity contribution in [2.24, 2.45) is 0 Å². The summed E-state index contributed by atoms with van der Waals surface area (Å²) in [7, 11) is 0. The lowest BCUT2D eigenvalue weighted by Gasteiger charge is -2.43. The van der Waals surface area contributed by atoms with Gasteiger partial charge in [-0.25, -0.2) is 0 Å². The minimum Gasteiger partial charge on any atom is -0.361 e. The SMILES string of the molecule is O=C(CN1CCN(C(=O)c2cc(C(F)(F)F)cc(C(F)(F)F)c2)[C@H](Cc2c[nH]c3ccccc23)C1)N1CCN(C2CCCC2)CC1. The van der Waals surface area contributed by atoms with Crippen LogP contribution in [-0.4, -0.2) is 101 Å². The molecule has 6 rings (SSSR count). The smallest absolute Gasteiger partial charge is 0.361 e. The Morgan fingerprint density at radius 1 is 0.826 bits per heavy atom. The van der Waals surface area contributed by atoms with Gasteiger partial charge in [-0.1, -0.05) is 31.0 Å². The number of aromatic nitrogens is 1. The summed E-state index contributed by atoms with van der Waals surface area (Å²) in [6.45, 7) is 3.62. The van der Waals surface area contributed by atoms with E-state index in [1.54, 1.807) is 6.20 Å². The van der Waals surface area contributed by atoms with Crippen LogP contribution < -0.4 is 0 Å². The molecule has 3 heterocycles. The molecule has 13 heteroatoms. The number of aromatic amines is 1. The first kappa shape index (κ1) is 32.4. The van der Waals surface area contributed by atoms with Crippen LogP contribution in [0.4, 0.5) is 26.3 Å². The fraction of sp³-hybridized carbons (Fsp3) is 0.515. The first-order valence-corrected chi connectivity index (χ1v) is 15.8. The monoisotopic (exact) mass is 649 g/mol. The number of nitrogens with zero attached hydrogens (tertiary/aromatic N) is 4. The van der Waals surface area contributed by atoms with Gasteiger partial charge in [-0.05, 0) is 49.1 Å². The molecular formula is C33H37F6N5O2. The molecule has 1 atom stereocenters. The molecule has 3 aliphatic rings. The number of benzene rings is 2. The van der Waals surface area contributed by atoms with Gasteiger partial charge in [0.15, 0.2) is 0 Å². The third kappa shape index (κ3) is 7.05. The lowest BCUT2D eigenvalue weighted by atomic mass is 9.98. The van der Waals surface area contributed by atoms with Crippen LogP contribution in [0.3, 0.4) is 0 Å². The number of hydrogen-bond donors (Lipinski definition) is 1. The zero-order chi connectivity index (χ0) is 32.6. The number of H-pyrrole nitrogens is 1. The number of amides is 2. The van der Waals surface area contributed by atoms with Crippen molar-refractivity contribution >= 4 is 22.7 Å². The highest BCUT2D eigenvalue weighted by molar-refractivity contribution is 5.95. The van der Waals surface area contributed by atoms with E-state index in [0.29, 0.717) is 37.7 Å². The van der Waals surface area contributed by atoms with E-state index < -0.39 is 41.0 Å². The molecule has 7 nitrogen and oxygen atoms in total. The largest absolute Gasteiger partial charge is 0.416 e. The van der Waals surface area contributed by atoms with E-state index in [0.717, 1.165) is 29.6 Å². The Morgan fingerprint density at radius 3 is 2.13 bits per heavy atom. The Labute approximate surface area is 263 Å².